The first-order valence-electron chi connectivity index (χ1n) is 5.80. The Labute approximate surface area is 108 Å². The first kappa shape index (κ1) is 14.7. The van der Waals surface area contributed by atoms with Gasteiger partial charge in [-0.05, 0) is 50.5 Å². The summed E-state index contributed by atoms with van der Waals surface area (Å²) in [6, 6.07) is 2.75. The maximum atomic E-state index is 12.3. The summed E-state index contributed by atoms with van der Waals surface area (Å²) in [5, 5.41) is 8.48. The molecule has 1 aromatic carbocycles. The predicted octanol–water partition coefficient (Wildman–Crippen LogP) is 2.57. The molecule has 0 aliphatic carbocycles. The van der Waals surface area contributed by atoms with Crippen LogP contribution in [0.25, 0.3) is 0 Å². The second kappa shape index (κ2) is 5.10. The van der Waals surface area contributed by atoms with Gasteiger partial charge in [0.2, 0.25) is 0 Å². The second-order valence-corrected chi connectivity index (χ2v) is 6.82. The van der Waals surface area contributed by atoms with E-state index in [2.05, 4.69) is 0 Å². The van der Waals surface area contributed by atoms with E-state index in [1.165, 1.54) is 12.1 Å². The van der Waals surface area contributed by atoms with Crippen LogP contribution in [0.5, 0.6) is 0 Å². The Balaban J connectivity index is 3.55. The van der Waals surface area contributed by atoms with Gasteiger partial charge in [-0.25, -0.2) is 13.2 Å². The Kier molecular flexibility index (Phi) is 4.16. The Morgan fingerprint density at radius 2 is 1.89 bits per heavy atom. The summed E-state index contributed by atoms with van der Waals surface area (Å²) in [4.78, 5) is 11.1. The van der Waals surface area contributed by atoms with Gasteiger partial charge in [-0.1, -0.05) is 6.92 Å². The van der Waals surface area contributed by atoms with Crippen molar-refractivity contribution in [2.45, 2.75) is 44.3 Å². The van der Waals surface area contributed by atoms with Crippen molar-refractivity contribution in [2.75, 3.05) is 0 Å². The van der Waals surface area contributed by atoms with E-state index in [9.17, 15) is 13.2 Å². The fourth-order valence-corrected chi connectivity index (χ4v) is 3.43. The summed E-state index contributed by atoms with van der Waals surface area (Å²) in [6.07, 6.45) is 0.498. The van der Waals surface area contributed by atoms with Crippen molar-refractivity contribution in [2.24, 2.45) is 0 Å². The molecule has 4 nitrogen and oxygen atoms in total. The summed E-state index contributed by atoms with van der Waals surface area (Å²) in [6.45, 7) is 6.86. The number of carboxylic acid groups (broad SMARTS) is 1. The van der Waals surface area contributed by atoms with Gasteiger partial charge in [-0.3, -0.25) is 0 Å². The lowest BCUT2D eigenvalue weighted by atomic mass is 10.1. The summed E-state index contributed by atoms with van der Waals surface area (Å²) in [5.74, 6) is -1.11. The van der Waals surface area contributed by atoms with E-state index in [1.807, 2.05) is 0 Å². The standard InChI is InChI=1S/C13H18O4S/c1-5-9(3)18(16,17)12-7-11(13(14)15)6-8(2)10(12)4/h6-7,9H,5H2,1-4H3,(H,14,15). The first-order chi connectivity index (χ1) is 8.21. The number of aryl methyl sites for hydroxylation is 1. The lowest BCUT2D eigenvalue weighted by Crippen LogP contribution is -2.19. The van der Waals surface area contributed by atoms with Crippen molar-refractivity contribution < 1.29 is 18.3 Å². The van der Waals surface area contributed by atoms with Crippen LogP contribution in [-0.2, 0) is 9.84 Å². The van der Waals surface area contributed by atoms with Crippen LogP contribution >= 0.6 is 0 Å². The Morgan fingerprint density at radius 3 is 2.33 bits per heavy atom. The molecule has 0 aromatic heterocycles. The second-order valence-electron chi connectivity index (χ2n) is 4.49. The van der Waals surface area contributed by atoms with Gasteiger partial charge in [0, 0.05) is 0 Å². The molecule has 0 radical (unpaired) electrons. The third-order valence-electron chi connectivity index (χ3n) is 3.28. The number of carboxylic acids is 1. The van der Waals surface area contributed by atoms with Crippen molar-refractivity contribution in [1.82, 2.24) is 0 Å². The van der Waals surface area contributed by atoms with Crippen LogP contribution in [0, 0.1) is 13.8 Å². The molecular weight excluding hydrogens is 252 g/mol. The monoisotopic (exact) mass is 270 g/mol. The van der Waals surface area contributed by atoms with E-state index in [0.717, 1.165) is 0 Å². The van der Waals surface area contributed by atoms with Gasteiger partial charge in [-0.15, -0.1) is 0 Å². The van der Waals surface area contributed by atoms with Crippen molar-refractivity contribution in [1.29, 1.82) is 0 Å². The molecule has 0 bridgehead atoms. The third-order valence-corrected chi connectivity index (χ3v) is 5.71. The lowest BCUT2D eigenvalue weighted by molar-refractivity contribution is 0.0696. The number of carbonyl (C=O) groups is 1. The van der Waals surface area contributed by atoms with Gasteiger partial charge in [0.05, 0.1) is 15.7 Å². The Bertz CT molecular complexity index is 573. The SMILES string of the molecule is CCC(C)S(=O)(=O)c1cc(C(=O)O)cc(C)c1C. The molecule has 0 fully saturated rings. The van der Waals surface area contributed by atoms with Crippen molar-refractivity contribution in [3.8, 4) is 0 Å². The molecule has 1 N–H and O–H groups in total. The highest BCUT2D eigenvalue weighted by Gasteiger charge is 2.25. The van der Waals surface area contributed by atoms with Crippen LogP contribution < -0.4 is 0 Å². The van der Waals surface area contributed by atoms with Gasteiger partial charge in [0.15, 0.2) is 9.84 Å². The molecule has 100 valence electrons. The van der Waals surface area contributed by atoms with E-state index in [1.54, 1.807) is 27.7 Å². The normalized spacial score (nSPS) is 13.3. The van der Waals surface area contributed by atoms with Crippen molar-refractivity contribution in [3.05, 3.63) is 28.8 Å². The number of sulfone groups is 1. The van der Waals surface area contributed by atoms with Crippen LogP contribution in [0.1, 0.15) is 41.8 Å². The molecule has 1 atom stereocenters. The number of aromatic carboxylic acids is 1. The largest absolute Gasteiger partial charge is 0.478 e. The highest BCUT2D eigenvalue weighted by Crippen LogP contribution is 2.25. The fourth-order valence-electron chi connectivity index (χ4n) is 1.68. The van der Waals surface area contributed by atoms with E-state index in [4.69, 9.17) is 5.11 Å². The van der Waals surface area contributed by atoms with Gasteiger partial charge >= 0.3 is 5.97 Å². The van der Waals surface area contributed by atoms with E-state index in [-0.39, 0.29) is 10.5 Å². The van der Waals surface area contributed by atoms with Gasteiger partial charge < -0.3 is 5.11 Å². The minimum atomic E-state index is -3.46. The van der Waals surface area contributed by atoms with Crippen molar-refractivity contribution >= 4 is 15.8 Å². The molecule has 0 aliphatic rings. The van der Waals surface area contributed by atoms with Crippen LogP contribution in [0.2, 0.25) is 0 Å². The molecule has 0 saturated carbocycles. The number of benzene rings is 1. The molecule has 5 heteroatoms. The molecule has 0 aliphatic heterocycles. The molecule has 0 saturated heterocycles. The summed E-state index contributed by atoms with van der Waals surface area (Å²) >= 11 is 0. The highest BCUT2D eigenvalue weighted by molar-refractivity contribution is 7.92. The maximum absolute atomic E-state index is 12.3. The molecule has 1 unspecified atom stereocenters. The fraction of sp³-hybridized carbons (Fsp3) is 0.462. The minimum absolute atomic E-state index is 0.0139. The van der Waals surface area contributed by atoms with E-state index < -0.39 is 21.1 Å². The molecule has 0 heterocycles. The molecule has 18 heavy (non-hydrogen) atoms. The molecular formula is C13H18O4S. The van der Waals surface area contributed by atoms with E-state index in [0.29, 0.717) is 17.5 Å². The van der Waals surface area contributed by atoms with Crippen LogP contribution in [0.15, 0.2) is 17.0 Å². The third kappa shape index (κ3) is 2.56. The zero-order chi connectivity index (χ0) is 14.1. The first-order valence-corrected chi connectivity index (χ1v) is 7.34. The maximum Gasteiger partial charge on any atom is 0.335 e. The molecule has 0 amide bonds. The van der Waals surface area contributed by atoms with Crippen LogP contribution in [0.4, 0.5) is 0 Å². The summed E-state index contributed by atoms with van der Waals surface area (Å²) < 4.78 is 24.6. The lowest BCUT2D eigenvalue weighted by Gasteiger charge is -2.15. The zero-order valence-corrected chi connectivity index (χ0v) is 11.8. The highest BCUT2D eigenvalue weighted by atomic mass is 32.2. The minimum Gasteiger partial charge on any atom is -0.478 e. The number of rotatable bonds is 4. The molecule has 1 aromatic rings. The number of hydrogen-bond acceptors (Lipinski definition) is 3. The number of hydrogen-bond donors (Lipinski definition) is 1. The average Bonchev–Trinajstić information content (AvgIpc) is 2.30. The predicted molar refractivity (Wildman–Crippen MR) is 69.8 cm³/mol. The molecule has 1 rings (SSSR count). The summed E-state index contributed by atoms with van der Waals surface area (Å²) in [5.41, 5.74) is 1.32. The van der Waals surface area contributed by atoms with Crippen LogP contribution in [0.3, 0.4) is 0 Å². The smallest absolute Gasteiger partial charge is 0.335 e. The van der Waals surface area contributed by atoms with Gasteiger partial charge in [0.25, 0.3) is 0 Å². The van der Waals surface area contributed by atoms with Crippen molar-refractivity contribution in [3.63, 3.8) is 0 Å². The quantitative estimate of drug-likeness (QED) is 0.912. The Morgan fingerprint density at radius 1 is 1.33 bits per heavy atom. The van der Waals surface area contributed by atoms with Gasteiger partial charge in [0.1, 0.15) is 0 Å². The summed E-state index contributed by atoms with van der Waals surface area (Å²) in [7, 11) is -3.46. The molecule has 0 spiro atoms. The van der Waals surface area contributed by atoms with Gasteiger partial charge in [-0.2, -0.15) is 0 Å². The topological polar surface area (TPSA) is 71.4 Å². The van der Waals surface area contributed by atoms with Crippen LogP contribution in [-0.4, -0.2) is 24.7 Å². The zero-order valence-electron chi connectivity index (χ0n) is 11.0. The Hall–Kier alpha value is -1.36. The van der Waals surface area contributed by atoms with E-state index >= 15 is 0 Å². The average molecular weight is 270 g/mol.